The topological polar surface area (TPSA) is 13.1 Å². The Hall–Kier alpha value is -5.66. The second-order valence-corrected chi connectivity index (χ2v) is 9.75. The third-order valence-corrected chi connectivity index (χ3v) is 7.38. The van der Waals surface area contributed by atoms with Crippen molar-refractivity contribution in [3.63, 3.8) is 0 Å². The van der Waals surface area contributed by atoms with Crippen LogP contribution in [0.2, 0.25) is 0 Å². The fraction of sp³-hybridized carbons (Fsp3) is 0. The zero-order valence-electron chi connectivity index (χ0n) is 41.9. The zero-order valence-corrected chi connectivity index (χ0v) is 21.9. The van der Waals surface area contributed by atoms with Crippen LogP contribution in [0.5, 0.6) is 0 Å². The van der Waals surface area contributed by atoms with Crippen LogP contribution in [0.25, 0.3) is 87.6 Å². The lowest BCUT2D eigenvalue weighted by atomic mass is 9.85. The largest absolute Gasteiger partial charge is 0.456 e. The van der Waals surface area contributed by atoms with Crippen molar-refractivity contribution in [3.8, 4) is 33.4 Å². The van der Waals surface area contributed by atoms with Crippen LogP contribution < -0.4 is 0 Å². The first-order valence-electron chi connectivity index (χ1n) is 23.1. The first kappa shape index (κ1) is 11.6. The molecule has 0 fully saturated rings. The summed E-state index contributed by atoms with van der Waals surface area (Å²) in [5, 5.41) is -0.672. The molecule has 1 aromatic heterocycles. The van der Waals surface area contributed by atoms with E-state index in [2.05, 4.69) is 0 Å². The monoisotopic (exact) mass is 566 g/mol. The number of hydrogen-bond donors (Lipinski definition) is 0. The number of furan rings is 1. The minimum absolute atomic E-state index is 0.00100. The second-order valence-electron chi connectivity index (χ2n) is 9.75. The Bertz CT molecular complexity index is 3560. The molecule has 1 nitrogen and oxygen atoms in total. The minimum atomic E-state index is -0.697. The summed E-state index contributed by atoms with van der Waals surface area (Å²) in [4.78, 5) is 0. The van der Waals surface area contributed by atoms with E-state index in [1.807, 2.05) is 0 Å². The Morgan fingerprint density at radius 3 is 1.72 bits per heavy atom. The van der Waals surface area contributed by atoms with Gasteiger partial charge in [0, 0.05) is 10.8 Å². The number of rotatable bonds is 3. The molecule has 0 saturated heterocycles. The first-order chi connectivity index (χ1) is 29.6. The van der Waals surface area contributed by atoms with Gasteiger partial charge in [0.2, 0.25) is 0 Å². The van der Waals surface area contributed by atoms with Gasteiger partial charge in [-0.25, -0.2) is 0 Å². The highest BCUT2D eigenvalue weighted by atomic mass is 16.3. The maximum absolute atomic E-state index is 9.67. The van der Waals surface area contributed by atoms with E-state index in [1.54, 1.807) is 0 Å². The van der Waals surface area contributed by atoms with E-state index in [0.29, 0.717) is 0 Å². The van der Waals surface area contributed by atoms with E-state index in [-0.39, 0.29) is 118 Å². The van der Waals surface area contributed by atoms with Gasteiger partial charge < -0.3 is 4.42 Å². The molecule has 8 aromatic carbocycles. The van der Waals surface area contributed by atoms with Crippen LogP contribution >= 0.6 is 0 Å². The van der Waals surface area contributed by atoms with Crippen molar-refractivity contribution in [1.29, 1.82) is 0 Å². The van der Waals surface area contributed by atoms with Gasteiger partial charge >= 0.3 is 0 Å². The minimum Gasteiger partial charge on any atom is -0.456 e. The lowest BCUT2D eigenvalue weighted by Crippen LogP contribution is -1.91. The standard InChI is InChI=1S/C42H26O/c1-2-11-28-24-30(21-20-27(28)10-1)29-12-9-13-31(25-29)41-34-15-3-5-17-36(34)42(37-18-6-4-16-35(37)41)32-22-23-40-38(26-32)33-14-7-8-19-39(33)43-40/h1-26H/i1D,2D,3D,4D,5D,6D,7D,8D,9D,10D,11D,12D,13D,14D,19D,20D,22D,23D,25D,26D. The molecule has 0 spiro atoms. The van der Waals surface area contributed by atoms with Crippen molar-refractivity contribution in [3.05, 3.63) is 157 Å². The summed E-state index contributed by atoms with van der Waals surface area (Å²) < 4.78 is 181. The van der Waals surface area contributed by atoms with Crippen LogP contribution in [0.15, 0.2) is 162 Å². The van der Waals surface area contributed by atoms with Gasteiger partial charge in [-0.3, -0.25) is 0 Å². The van der Waals surface area contributed by atoms with E-state index in [0.717, 1.165) is 0 Å². The average Bonchev–Trinajstić information content (AvgIpc) is 3.65. The first-order valence-corrected chi connectivity index (χ1v) is 13.1. The van der Waals surface area contributed by atoms with Gasteiger partial charge in [0.1, 0.15) is 11.2 Å². The Morgan fingerprint density at radius 2 is 0.977 bits per heavy atom. The van der Waals surface area contributed by atoms with Crippen molar-refractivity contribution in [2.24, 2.45) is 0 Å². The molecule has 0 aliphatic heterocycles. The van der Waals surface area contributed by atoms with Gasteiger partial charge in [0.05, 0.1) is 27.4 Å². The molecule has 1 heteroatoms. The van der Waals surface area contributed by atoms with Crippen LogP contribution in [0, 0.1) is 0 Å². The molecular formula is C42H26O. The highest BCUT2D eigenvalue weighted by Crippen LogP contribution is 2.45. The summed E-state index contributed by atoms with van der Waals surface area (Å²) in [7, 11) is 0. The normalized spacial score (nSPS) is 18.2. The summed E-state index contributed by atoms with van der Waals surface area (Å²) in [6.45, 7) is 0. The van der Waals surface area contributed by atoms with E-state index in [1.165, 1.54) is 36.4 Å². The molecular weight excluding hydrogens is 520 g/mol. The predicted octanol–water partition coefficient (Wildman–Crippen LogP) is 12.0. The second kappa shape index (κ2) is 9.44. The fourth-order valence-electron chi connectivity index (χ4n) is 5.50. The number of fused-ring (bicyclic) bond motifs is 6. The highest BCUT2D eigenvalue weighted by Gasteiger charge is 2.18. The van der Waals surface area contributed by atoms with Crippen molar-refractivity contribution >= 4 is 54.3 Å². The third kappa shape index (κ3) is 3.79. The van der Waals surface area contributed by atoms with Crippen molar-refractivity contribution in [2.45, 2.75) is 0 Å². The van der Waals surface area contributed by atoms with E-state index >= 15 is 0 Å². The average molecular weight is 567 g/mol. The molecule has 0 aliphatic rings. The van der Waals surface area contributed by atoms with Crippen LogP contribution in [-0.2, 0) is 0 Å². The summed E-state index contributed by atoms with van der Waals surface area (Å²) in [5.74, 6) is 0. The van der Waals surface area contributed by atoms with Gasteiger partial charge in [-0.2, -0.15) is 0 Å². The Balaban J connectivity index is 1.48. The molecule has 0 aliphatic carbocycles. The summed E-state index contributed by atoms with van der Waals surface area (Å²) in [5.41, 5.74) is -1.84. The number of hydrogen-bond acceptors (Lipinski definition) is 1. The third-order valence-electron chi connectivity index (χ3n) is 7.38. The molecule has 9 rings (SSSR count). The van der Waals surface area contributed by atoms with E-state index in [9.17, 15) is 5.48 Å². The Morgan fingerprint density at radius 1 is 0.372 bits per heavy atom. The van der Waals surface area contributed by atoms with E-state index in [4.69, 9.17) is 26.3 Å². The quantitative estimate of drug-likeness (QED) is 0.194. The maximum Gasteiger partial charge on any atom is 0.135 e. The lowest BCUT2D eigenvalue weighted by Gasteiger charge is -2.18. The molecule has 200 valence electrons. The number of para-hydroxylation sites is 1. The molecule has 0 amide bonds. The molecule has 43 heavy (non-hydrogen) atoms. The fourth-order valence-corrected chi connectivity index (χ4v) is 5.50. The Kier molecular flexibility index (Phi) is 2.54. The smallest absolute Gasteiger partial charge is 0.135 e. The van der Waals surface area contributed by atoms with Crippen LogP contribution in [0.3, 0.4) is 0 Å². The van der Waals surface area contributed by atoms with Gasteiger partial charge in [0.25, 0.3) is 0 Å². The van der Waals surface area contributed by atoms with E-state index < -0.39 is 90.6 Å². The summed E-state index contributed by atoms with van der Waals surface area (Å²) >= 11 is 0. The molecule has 0 unspecified atom stereocenters. The highest BCUT2D eigenvalue weighted by molar-refractivity contribution is 6.22. The zero-order chi connectivity index (χ0) is 45.7. The van der Waals surface area contributed by atoms with Crippen molar-refractivity contribution < 1.29 is 31.8 Å². The maximum atomic E-state index is 9.67. The molecule has 0 N–H and O–H groups in total. The van der Waals surface area contributed by atoms with Gasteiger partial charge in [0.15, 0.2) is 0 Å². The predicted molar refractivity (Wildman–Crippen MR) is 183 cm³/mol. The van der Waals surface area contributed by atoms with Gasteiger partial charge in [-0.15, -0.1) is 0 Å². The van der Waals surface area contributed by atoms with Crippen molar-refractivity contribution in [2.75, 3.05) is 0 Å². The Labute approximate surface area is 277 Å². The van der Waals surface area contributed by atoms with Crippen molar-refractivity contribution in [1.82, 2.24) is 0 Å². The SMILES string of the molecule is [2H]c1cc2c(-c3c([2H])c([2H])c([2H])c(-c4cc([2H])c5c([2H])c([2H])c([2H])c([2H])c5c4)c3[2H])c3cc([2H])c([2H])cc3c(-c3c([2H])c([2H])c4oc5c([2H])c([2H])c([2H])c([2H])c5c4c3[2H])c2cc1[2H]. The lowest BCUT2D eigenvalue weighted by molar-refractivity contribution is 0.669. The van der Waals surface area contributed by atoms with Crippen LogP contribution in [0.1, 0.15) is 27.4 Å². The summed E-state index contributed by atoms with van der Waals surface area (Å²) in [6.07, 6.45) is 0. The molecule has 0 atom stereocenters. The van der Waals surface area contributed by atoms with Crippen LogP contribution in [0.4, 0.5) is 0 Å². The van der Waals surface area contributed by atoms with Crippen LogP contribution in [-0.4, -0.2) is 0 Å². The molecule has 0 bridgehead atoms. The molecule has 9 aromatic rings. The van der Waals surface area contributed by atoms with Gasteiger partial charge in [-0.05, 0) is 95.9 Å². The number of benzene rings is 8. The molecule has 1 heterocycles. The van der Waals surface area contributed by atoms with Gasteiger partial charge in [-0.1, -0.05) is 127 Å². The molecule has 0 radical (unpaired) electrons. The summed E-state index contributed by atoms with van der Waals surface area (Å²) in [6, 6.07) is -3.31. The molecule has 0 saturated carbocycles.